The van der Waals surface area contributed by atoms with E-state index in [9.17, 15) is 4.79 Å². The van der Waals surface area contributed by atoms with Crippen LogP contribution in [0.3, 0.4) is 0 Å². The summed E-state index contributed by atoms with van der Waals surface area (Å²) in [4.78, 5) is 10.4. The molecule has 0 bridgehead atoms. The minimum absolute atomic E-state index is 0.619. The van der Waals surface area contributed by atoms with Gasteiger partial charge < -0.3 is 4.74 Å². The fourth-order valence-corrected chi connectivity index (χ4v) is 0.300. The summed E-state index contributed by atoms with van der Waals surface area (Å²) in [5, 5.41) is 8.24. The average molecular weight is 137 g/mol. The fraction of sp³-hybridized carbons (Fsp3) is 0.143. The molecular weight excluding hydrogens is 130 g/mol. The summed E-state index contributed by atoms with van der Waals surface area (Å²) in [6, 6.07) is 1.71. The Kier molecular flexibility index (Phi) is 3.66. The van der Waals surface area contributed by atoms with Gasteiger partial charge in [-0.15, -0.1) is 0 Å². The number of hydrogen-bond acceptors (Lipinski definition) is 3. The summed E-state index contributed by atoms with van der Waals surface area (Å²) in [5.74, 6) is -0.619. The van der Waals surface area contributed by atoms with E-state index in [1.54, 1.807) is 6.07 Å². The van der Waals surface area contributed by atoms with Gasteiger partial charge in [0.2, 0.25) is 6.10 Å². The summed E-state index contributed by atoms with van der Waals surface area (Å²) in [6.07, 6.45) is 1.36. The van der Waals surface area contributed by atoms with Crippen LogP contribution in [0.1, 0.15) is 0 Å². The zero-order valence-corrected chi connectivity index (χ0v) is 5.41. The van der Waals surface area contributed by atoms with Crippen molar-refractivity contribution < 1.29 is 9.53 Å². The lowest BCUT2D eigenvalue weighted by atomic mass is 10.4. The molecule has 52 valence electrons. The Balaban J connectivity index is 3.88. The van der Waals surface area contributed by atoms with Crippen LogP contribution in [0.2, 0.25) is 0 Å². The number of carbonyl (C=O) groups is 1. The van der Waals surface area contributed by atoms with Crippen molar-refractivity contribution in [1.29, 1.82) is 5.26 Å². The van der Waals surface area contributed by atoms with Crippen LogP contribution in [0.4, 0.5) is 0 Å². The first-order valence-corrected chi connectivity index (χ1v) is 2.59. The number of esters is 1. The highest BCUT2D eigenvalue weighted by Crippen LogP contribution is 1.91. The van der Waals surface area contributed by atoms with Gasteiger partial charge in [0.25, 0.3) is 0 Å². The summed E-state index contributed by atoms with van der Waals surface area (Å²) < 4.78 is 4.46. The molecule has 0 aromatic carbocycles. The third-order valence-electron chi connectivity index (χ3n) is 0.751. The third-order valence-corrected chi connectivity index (χ3v) is 0.751. The molecule has 0 aromatic heterocycles. The number of nitrogens with zero attached hydrogens (tertiary/aromatic N) is 1. The molecule has 3 heteroatoms. The quantitative estimate of drug-likeness (QED) is 0.328. The molecule has 1 atom stereocenters. The molecule has 0 fully saturated rings. The van der Waals surface area contributed by atoms with Crippen molar-refractivity contribution >= 4 is 5.97 Å². The Hall–Kier alpha value is -1.56. The van der Waals surface area contributed by atoms with E-state index in [0.717, 1.165) is 6.08 Å². The van der Waals surface area contributed by atoms with Crippen LogP contribution in [0.5, 0.6) is 0 Å². The highest BCUT2D eigenvalue weighted by atomic mass is 16.5. The molecule has 3 nitrogen and oxygen atoms in total. The monoisotopic (exact) mass is 137 g/mol. The second-order valence-electron chi connectivity index (χ2n) is 1.43. The normalized spacial score (nSPS) is 10.7. The van der Waals surface area contributed by atoms with Gasteiger partial charge in [-0.25, -0.2) is 4.79 Å². The van der Waals surface area contributed by atoms with Crippen molar-refractivity contribution in [2.75, 3.05) is 0 Å². The summed E-state index contributed by atoms with van der Waals surface area (Å²) in [7, 11) is 0. The highest BCUT2D eigenvalue weighted by molar-refractivity contribution is 5.81. The molecule has 0 spiro atoms. The number of hydrogen-bond donors (Lipinski definition) is 0. The lowest BCUT2D eigenvalue weighted by Gasteiger charge is -2.01. The van der Waals surface area contributed by atoms with Gasteiger partial charge in [-0.05, 0) is 6.08 Å². The molecule has 0 heterocycles. The molecule has 0 aromatic rings. The Morgan fingerprint density at radius 1 is 1.70 bits per heavy atom. The molecule has 0 rings (SSSR count). The molecular formula is C7H7NO2. The van der Waals surface area contributed by atoms with Crippen molar-refractivity contribution in [3.05, 3.63) is 25.3 Å². The first-order chi connectivity index (χ1) is 4.74. The van der Waals surface area contributed by atoms with E-state index in [1.807, 2.05) is 0 Å². The molecule has 1 unspecified atom stereocenters. The van der Waals surface area contributed by atoms with E-state index in [4.69, 9.17) is 5.26 Å². The topological polar surface area (TPSA) is 50.1 Å². The van der Waals surface area contributed by atoms with Crippen molar-refractivity contribution in [3.8, 4) is 6.07 Å². The first-order valence-electron chi connectivity index (χ1n) is 2.59. The third kappa shape index (κ3) is 2.68. The molecule has 0 aliphatic carbocycles. The van der Waals surface area contributed by atoms with E-state index >= 15 is 0 Å². The number of carbonyl (C=O) groups excluding carboxylic acids is 1. The maximum Gasteiger partial charge on any atom is 0.331 e. The van der Waals surface area contributed by atoms with Crippen LogP contribution in [0.15, 0.2) is 25.3 Å². The second-order valence-corrected chi connectivity index (χ2v) is 1.43. The van der Waals surface area contributed by atoms with Crippen molar-refractivity contribution in [2.45, 2.75) is 6.10 Å². The number of ether oxygens (including phenoxy) is 1. The van der Waals surface area contributed by atoms with Gasteiger partial charge in [-0.3, -0.25) is 0 Å². The van der Waals surface area contributed by atoms with E-state index in [2.05, 4.69) is 17.9 Å². The standard InChI is InChI=1S/C7H7NO2/c1-3-6(5-8)10-7(9)4-2/h3-4,6H,1-2H2. The largest absolute Gasteiger partial charge is 0.439 e. The van der Waals surface area contributed by atoms with Crippen LogP contribution < -0.4 is 0 Å². The van der Waals surface area contributed by atoms with Gasteiger partial charge in [0.15, 0.2) is 0 Å². The first kappa shape index (κ1) is 8.44. The van der Waals surface area contributed by atoms with Gasteiger partial charge >= 0.3 is 5.97 Å². The molecule has 0 saturated carbocycles. The van der Waals surface area contributed by atoms with Crippen molar-refractivity contribution in [1.82, 2.24) is 0 Å². The zero-order chi connectivity index (χ0) is 7.98. The summed E-state index contributed by atoms with van der Waals surface area (Å²) in [5.41, 5.74) is 0. The lowest BCUT2D eigenvalue weighted by molar-refractivity contribution is -0.138. The number of nitriles is 1. The molecule has 0 radical (unpaired) electrons. The van der Waals surface area contributed by atoms with Crippen LogP contribution in [0.25, 0.3) is 0 Å². The van der Waals surface area contributed by atoms with Crippen molar-refractivity contribution in [2.24, 2.45) is 0 Å². The second kappa shape index (κ2) is 4.33. The van der Waals surface area contributed by atoms with Crippen LogP contribution in [0, 0.1) is 11.3 Å². The van der Waals surface area contributed by atoms with Gasteiger partial charge in [-0.1, -0.05) is 13.2 Å². The summed E-state index contributed by atoms with van der Waals surface area (Å²) in [6.45, 7) is 6.45. The summed E-state index contributed by atoms with van der Waals surface area (Å²) >= 11 is 0. The van der Waals surface area contributed by atoms with Gasteiger partial charge in [0.1, 0.15) is 6.07 Å². The molecule has 0 N–H and O–H groups in total. The SMILES string of the molecule is C=CC(=O)OC(C#N)C=C. The number of rotatable bonds is 3. The van der Waals surface area contributed by atoms with Gasteiger partial charge in [0.05, 0.1) is 0 Å². The van der Waals surface area contributed by atoms with E-state index in [1.165, 1.54) is 6.08 Å². The molecule has 0 aliphatic rings. The maximum atomic E-state index is 10.4. The average Bonchev–Trinajstić information content (AvgIpc) is 1.99. The zero-order valence-electron chi connectivity index (χ0n) is 5.41. The van der Waals surface area contributed by atoms with Gasteiger partial charge in [0, 0.05) is 6.08 Å². The minimum atomic E-state index is -0.870. The van der Waals surface area contributed by atoms with Crippen molar-refractivity contribution in [3.63, 3.8) is 0 Å². The Morgan fingerprint density at radius 2 is 2.30 bits per heavy atom. The molecule has 0 aliphatic heterocycles. The molecule has 10 heavy (non-hydrogen) atoms. The molecule has 0 amide bonds. The van der Waals surface area contributed by atoms with E-state index < -0.39 is 12.1 Å². The predicted octanol–water partition coefficient (Wildman–Crippen LogP) is 0.794. The maximum absolute atomic E-state index is 10.4. The highest BCUT2D eigenvalue weighted by Gasteiger charge is 2.04. The smallest absolute Gasteiger partial charge is 0.331 e. The lowest BCUT2D eigenvalue weighted by Crippen LogP contribution is -2.11. The van der Waals surface area contributed by atoms with Gasteiger partial charge in [-0.2, -0.15) is 5.26 Å². The molecule has 0 saturated heterocycles. The fourth-order valence-electron chi connectivity index (χ4n) is 0.300. The Labute approximate surface area is 59.2 Å². The Morgan fingerprint density at radius 3 is 2.60 bits per heavy atom. The van der Waals surface area contributed by atoms with Crippen LogP contribution in [-0.2, 0) is 9.53 Å². The van der Waals surface area contributed by atoms with E-state index in [-0.39, 0.29) is 0 Å². The van der Waals surface area contributed by atoms with E-state index in [0.29, 0.717) is 0 Å². The predicted molar refractivity (Wildman–Crippen MR) is 35.9 cm³/mol. The van der Waals surface area contributed by atoms with Crippen LogP contribution in [-0.4, -0.2) is 12.1 Å². The Bertz CT molecular complexity index is 190. The minimum Gasteiger partial charge on any atom is -0.439 e. The van der Waals surface area contributed by atoms with Crippen LogP contribution >= 0.6 is 0 Å².